The van der Waals surface area contributed by atoms with E-state index >= 15 is 0 Å². The lowest BCUT2D eigenvalue weighted by atomic mass is 10.0. The molecule has 0 aliphatic rings. The van der Waals surface area contributed by atoms with Crippen LogP contribution in [0.15, 0.2) is 59.0 Å². The molecule has 0 fully saturated rings. The van der Waals surface area contributed by atoms with Crippen molar-refractivity contribution in [3.8, 4) is 0 Å². The van der Waals surface area contributed by atoms with E-state index in [1.165, 1.54) is 11.3 Å². The average Bonchev–Trinajstić information content (AvgIpc) is 3.24. The van der Waals surface area contributed by atoms with Crippen molar-refractivity contribution in [1.82, 2.24) is 10.3 Å². The van der Waals surface area contributed by atoms with Gasteiger partial charge in [-0.25, -0.2) is 4.98 Å². The van der Waals surface area contributed by atoms with Crippen LogP contribution in [0.25, 0.3) is 10.8 Å². The number of nitrogens with two attached hydrogens (primary N) is 2. The highest BCUT2D eigenvalue weighted by Gasteiger charge is 2.24. The smallest absolute Gasteiger partial charge is 0.251 e. The molecule has 0 radical (unpaired) electrons. The summed E-state index contributed by atoms with van der Waals surface area (Å²) in [5.74, 6) is -0.515. The van der Waals surface area contributed by atoms with Gasteiger partial charge < -0.3 is 16.8 Å². The number of guanidine groups is 1. The molecule has 2 aromatic carbocycles. The molecule has 1 atom stereocenters. The highest BCUT2D eigenvalue weighted by Crippen LogP contribution is 2.17. The number of fused-ring (bicyclic) bond motifs is 1. The van der Waals surface area contributed by atoms with Crippen LogP contribution in [0, 0.1) is 0 Å². The van der Waals surface area contributed by atoms with Gasteiger partial charge in [0.15, 0.2) is 11.0 Å². The Morgan fingerprint density at radius 1 is 1.14 bits per heavy atom. The maximum absolute atomic E-state index is 12.8. The number of amides is 1. The lowest BCUT2D eigenvalue weighted by Crippen LogP contribution is -2.41. The summed E-state index contributed by atoms with van der Waals surface area (Å²) in [6, 6.07) is 12.6. The summed E-state index contributed by atoms with van der Waals surface area (Å²) in [5.41, 5.74) is 11.2. The number of ketones is 1. The van der Waals surface area contributed by atoms with Gasteiger partial charge in [0.2, 0.25) is 5.78 Å². The number of nitrogens with one attached hydrogen (secondary N) is 1. The summed E-state index contributed by atoms with van der Waals surface area (Å²) in [5, 5.41) is 6.95. The number of carbonyl (C=O) groups is 2. The number of aromatic nitrogens is 1. The maximum Gasteiger partial charge on any atom is 0.251 e. The van der Waals surface area contributed by atoms with Gasteiger partial charge in [0.25, 0.3) is 5.91 Å². The maximum atomic E-state index is 12.8. The Morgan fingerprint density at radius 2 is 1.93 bits per heavy atom. The Bertz CT molecular complexity index is 997. The van der Waals surface area contributed by atoms with E-state index in [-0.39, 0.29) is 17.6 Å². The van der Waals surface area contributed by atoms with Crippen LogP contribution in [-0.4, -0.2) is 35.2 Å². The molecule has 1 aromatic heterocycles. The largest absolute Gasteiger partial charge is 0.370 e. The lowest BCUT2D eigenvalue weighted by molar-refractivity contribution is 0.0851. The SMILES string of the molecule is NC(N)=NCCC[C@H](NC(=O)c1ccc2ccccc2c1)C(=O)c1nccs1. The molecule has 0 bridgehead atoms. The van der Waals surface area contributed by atoms with Crippen LogP contribution in [0.3, 0.4) is 0 Å². The molecule has 0 aliphatic heterocycles. The standard InChI is InChI=1S/C20H21N5O2S/c21-20(22)24-9-3-6-16(17(26)19-23-10-11-28-19)25-18(27)15-8-7-13-4-1-2-5-14(13)12-15/h1-2,4-5,7-8,10-12,16H,3,6,9H2,(H,25,27)(H4,21,22,24)/t16-/m0/s1. The van der Waals surface area contributed by atoms with E-state index in [0.717, 1.165) is 10.8 Å². The molecule has 0 saturated heterocycles. The Kier molecular flexibility index (Phi) is 6.33. The normalized spacial score (nSPS) is 11.7. The number of rotatable bonds is 8. The molecule has 7 nitrogen and oxygen atoms in total. The molecule has 8 heteroatoms. The Morgan fingerprint density at radius 3 is 2.64 bits per heavy atom. The highest BCUT2D eigenvalue weighted by molar-refractivity contribution is 7.11. The summed E-state index contributed by atoms with van der Waals surface area (Å²) in [6.45, 7) is 0.385. The van der Waals surface area contributed by atoms with Gasteiger partial charge in [-0.2, -0.15) is 0 Å². The van der Waals surface area contributed by atoms with Crippen LogP contribution < -0.4 is 16.8 Å². The number of Topliss-reactive ketones (excluding diaryl/α,β-unsaturated/α-hetero) is 1. The zero-order valence-electron chi connectivity index (χ0n) is 15.2. The molecule has 3 rings (SSSR count). The molecule has 144 valence electrons. The van der Waals surface area contributed by atoms with Gasteiger partial charge in [-0.1, -0.05) is 30.3 Å². The number of benzene rings is 2. The minimum Gasteiger partial charge on any atom is -0.370 e. The monoisotopic (exact) mass is 395 g/mol. The number of hydrogen-bond donors (Lipinski definition) is 3. The summed E-state index contributed by atoms with van der Waals surface area (Å²) < 4.78 is 0. The van der Waals surface area contributed by atoms with Crippen molar-refractivity contribution in [2.24, 2.45) is 16.5 Å². The zero-order chi connectivity index (χ0) is 19.9. The van der Waals surface area contributed by atoms with E-state index in [1.807, 2.05) is 36.4 Å². The molecule has 0 unspecified atom stereocenters. The first kappa shape index (κ1) is 19.5. The Balaban J connectivity index is 1.75. The minimum atomic E-state index is -0.695. The fraction of sp³-hybridized carbons (Fsp3) is 0.200. The molecular weight excluding hydrogens is 374 g/mol. The second-order valence-corrected chi connectivity index (χ2v) is 7.13. The number of nitrogens with zero attached hydrogens (tertiary/aromatic N) is 2. The molecule has 0 saturated carbocycles. The van der Waals surface area contributed by atoms with E-state index in [2.05, 4.69) is 15.3 Å². The van der Waals surface area contributed by atoms with Crippen molar-refractivity contribution in [2.45, 2.75) is 18.9 Å². The van der Waals surface area contributed by atoms with Crippen molar-refractivity contribution >= 4 is 39.8 Å². The summed E-state index contributed by atoms with van der Waals surface area (Å²) in [4.78, 5) is 33.5. The van der Waals surface area contributed by atoms with Gasteiger partial charge in [0.1, 0.15) is 0 Å². The lowest BCUT2D eigenvalue weighted by Gasteiger charge is -2.16. The van der Waals surface area contributed by atoms with E-state index in [1.54, 1.807) is 17.6 Å². The zero-order valence-corrected chi connectivity index (χ0v) is 16.0. The van der Waals surface area contributed by atoms with Crippen molar-refractivity contribution in [1.29, 1.82) is 0 Å². The number of hydrogen-bond acceptors (Lipinski definition) is 5. The molecule has 28 heavy (non-hydrogen) atoms. The molecule has 1 amide bonds. The third-order valence-corrected chi connectivity index (χ3v) is 5.01. The van der Waals surface area contributed by atoms with Crippen LogP contribution in [0.5, 0.6) is 0 Å². The summed E-state index contributed by atoms with van der Waals surface area (Å²) in [7, 11) is 0. The fourth-order valence-corrected chi connectivity index (χ4v) is 3.47. The van der Waals surface area contributed by atoms with Crippen LogP contribution in [0.4, 0.5) is 0 Å². The first-order valence-electron chi connectivity index (χ1n) is 8.83. The number of carbonyl (C=O) groups excluding carboxylic acids is 2. The minimum absolute atomic E-state index is 0.00278. The quantitative estimate of drug-likeness (QED) is 0.234. The van der Waals surface area contributed by atoms with E-state index in [4.69, 9.17) is 11.5 Å². The van der Waals surface area contributed by atoms with Gasteiger partial charge in [0, 0.05) is 23.7 Å². The first-order chi connectivity index (χ1) is 13.5. The third-order valence-electron chi connectivity index (χ3n) is 4.22. The van der Waals surface area contributed by atoms with E-state index in [0.29, 0.717) is 30.0 Å². The first-order valence-corrected chi connectivity index (χ1v) is 9.71. The van der Waals surface area contributed by atoms with Crippen molar-refractivity contribution in [2.75, 3.05) is 6.54 Å². The van der Waals surface area contributed by atoms with Crippen LogP contribution in [0.1, 0.15) is 33.0 Å². The molecule has 5 N–H and O–H groups in total. The van der Waals surface area contributed by atoms with E-state index < -0.39 is 6.04 Å². The van der Waals surface area contributed by atoms with Gasteiger partial charge >= 0.3 is 0 Å². The Labute approximate surface area is 166 Å². The van der Waals surface area contributed by atoms with Crippen molar-refractivity contribution < 1.29 is 9.59 Å². The molecular formula is C20H21N5O2S. The van der Waals surface area contributed by atoms with Crippen LogP contribution >= 0.6 is 11.3 Å². The second kappa shape index (κ2) is 9.09. The van der Waals surface area contributed by atoms with Gasteiger partial charge in [-0.05, 0) is 35.7 Å². The summed E-state index contributed by atoms with van der Waals surface area (Å²) >= 11 is 1.25. The average molecular weight is 395 g/mol. The van der Waals surface area contributed by atoms with E-state index in [9.17, 15) is 9.59 Å². The molecule has 0 spiro atoms. The predicted octanol–water partition coefficient (Wildman–Crippen LogP) is 2.33. The van der Waals surface area contributed by atoms with Crippen molar-refractivity contribution in [3.63, 3.8) is 0 Å². The van der Waals surface area contributed by atoms with Gasteiger partial charge in [-0.15, -0.1) is 11.3 Å². The highest BCUT2D eigenvalue weighted by atomic mass is 32.1. The summed E-state index contributed by atoms with van der Waals surface area (Å²) in [6.07, 6.45) is 2.53. The molecule has 1 heterocycles. The van der Waals surface area contributed by atoms with Crippen molar-refractivity contribution in [3.05, 3.63) is 64.6 Å². The predicted molar refractivity (Wildman–Crippen MR) is 112 cm³/mol. The number of aliphatic imine (C=N–C) groups is 1. The van der Waals surface area contributed by atoms with Crippen LogP contribution in [0.2, 0.25) is 0 Å². The second-order valence-electron chi connectivity index (χ2n) is 6.24. The third kappa shape index (κ3) is 4.92. The van der Waals surface area contributed by atoms with Gasteiger partial charge in [0.05, 0.1) is 6.04 Å². The van der Waals surface area contributed by atoms with Gasteiger partial charge in [-0.3, -0.25) is 14.6 Å². The molecule has 3 aromatic rings. The molecule has 0 aliphatic carbocycles. The van der Waals surface area contributed by atoms with Crippen LogP contribution in [-0.2, 0) is 0 Å². The fourth-order valence-electron chi connectivity index (χ4n) is 2.84. The topological polar surface area (TPSA) is 123 Å². The Hall–Kier alpha value is -3.26. The number of thiazole rings is 1.